The van der Waals surface area contributed by atoms with E-state index in [0.717, 1.165) is 24.7 Å². The van der Waals surface area contributed by atoms with Crippen LogP contribution in [0.4, 0.5) is 0 Å². The smallest absolute Gasteiger partial charge is 0.296 e. The van der Waals surface area contributed by atoms with E-state index in [1.165, 1.54) is 25.9 Å². The van der Waals surface area contributed by atoms with E-state index in [2.05, 4.69) is 14.9 Å². The van der Waals surface area contributed by atoms with Crippen molar-refractivity contribution in [3.05, 3.63) is 17.3 Å². The Hall–Kier alpha value is -1.33. The highest BCUT2D eigenvalue weighted by Crippen LogP contribution is 2.34. The van der Waals surface area contributed by atoms with Gasteiger partial charge in [-0.15, -0.1) is 0 Å². The molecule has 2 aromatic rings. The molecule has 1 atom stereocenters. The lowest BCUT2D eigenvalue weighted by atomic mass is 9.79. The molecular weight excluding hydrogens is 276 g/mol. The molecule has 3 aliphatic heterocycles. The first kappa shape index (κ1) is 12.4. The normalized spacial score (nSPS) is 29.1. The topological polar surface area (TPSA) is 54.2 Å². The molecule has 5 heterocycles. The van der Waals surface area contributed by atoms with E-state index < -0.39 is 0 Å². The second-order valence-electron chi connectivity index (χ2n) is 5.92. The highest BCUT2D eigenvalue weighted by Gasteiger charge is 2.34. The van der Waals surface area contributed by atoms with Crippen LogP contribution in [-0.4, -0.2) is 44.2 Å². The number of hydrogen-bond donors (Lipinski definition) is 1. The molecule has 3 fully saturated rings. The Labute approximate surface area is 122 Å². The van der Waals surface area contributed by atoms with Gasteiger partial charge in [-0.2, -0.15) is 4.98 Å². The van der Waals surface area contributed by atoms with Crippen LogP contribution in [0.2, 0.25) is 5.02 Å². The van der Waals surface area contributed by atoms with Gasteiger partial charge in [-0.3, -0.25) is 4.57 Å². The lowest BCUT2D eigenvalue weighted by Gasteiger charge is -2.44. The van der Waals surface area contributed by atoms with E-state index in [1.807, 2.05) is 4.57 Å². The Morgan fingerprint density at radius 1 is 1.35 bits per heavy atom. The van der Waals surface area contributed by atoms with Crippen LogP contribution in [-0.2, 0) is 6.54 Å². The molecule has 106 valence electrons. The zero-order chi connectivity index (χ0) is 13.7. The summed E-state index contributed by atoms with van der Waals surface area (Å²) in [6, 6.07) is 1.79. The maximum atomic E-state index is 10.1. The number of nitrogens with zero attached hydrogens (tertiary/aromatic N) is 4. The second-order valence-corrected chi connectivity index (χ2v) is 6.35. The van der Waals surface area contributed by atoms with Gasteiger partial charge in [0.05, 0.1) is 5.02 Å². The van der Waals surface area contributed by atoms with Crippen molar-refractivity contribution < 1.29 is 5.11 Å². The van der Waals surface area contributed by atoms with Crippen LogP contribution < -0.4 is 0 Å². The molecule has 1 N–H and O–H groups in total. The number of hydrogen-bond acceptors (Lipinski definition) is 4. The van der Waals surface area contributed by atoms with Gasteiger partial charge in [-0.1, -0.05) is 11.6 Å². The molecule has 5 rings (SSSR count). The van der Waals surface area contributed by atoms with Crippen LogP contribution >= 0.6 is 11.6 Å². The predicted octanol–water partition coefficient (Wildman–Crippen LogP) is 2.13. The Balaban J connectivity index is 1.67. The Kier molecular flexibility index (Phi) is 2.86. The minimum absolute atomic E-state index is 0.0474. The number of rotatable bonds is 2. The van der Waals surface area contributed by atoms with Crippen molar-refractivity contribution in [2.24, 2.45) is 11.8 Å². The SMILES string of the molecule is Oc1nc2cc(Cl)cnc2n1CC1CN2CCC1CC2. The van der Waals surface area contributed by atoms with Gasteiger partial charge in [0.2, 0.25) is 0 Å². The van der Waals surface area contributed by atoms with Gasteiger partial charge in [0, 0.05) is 19.3 Å². The number of halogens is 1. The standard InChI is InChI=1S/C14H17ClN4O/c15-11-5-12-13(16-6-11)19(14(20)17-12)8-10-7-18-3-1-9(10)2-4-18/h5-6,9-10H,1-4,7-8H2,(H,17,20). The van der Waals surface area contributed by atoms with Gasteiger partial charge in [-0.25, -0.2) is 4.98 Å². The summed E-state index contributed by atoms with van der Waals surface area (Å²) in [5, 5.41) is 10.6. The van der Waals surface area contributed by atoms with Gasteiger partial charge in [0.25, 0.3) is 6.01 Å². The molecule has 0 radical (unpaired) electrons. The Morgan fingerprint density at radius 2 is 2.15 bits per heavy atom. The van der Waals surface area contributed by atoms with Crippen LogP contribution in [0.5, 0.6) is 6.01 Å². The van der Waals surface area contributed by atoms with Crippen molar-refractivity contribution in [3.8, 4) is 6.01 Å². The van der Waals surface area contributed by atoms with E-state index in [-0.39, 0.29) is 6.01 Å². The molecule has 2 aromatic heterocycles. The Morgan fingerprint density at radius 3 is 2.85 bits per heavy atom. The molecule has 0 amide bonds. The quantitative estimate of drug-likeness (QED) is 0.921. The molecule has 5 nitrogen and oxygen atoms in total. The van der Waals surface area contributed by atoms with Gasteiger partial charge in [0.15, 0.2) is 5.65 Å². The van der Waals surface area contributed by atoms with E-state index in [9.17, 15) is 5.11 Å². The number of piperidine rings is 3. The monoisotopic (exact) mass is 292 g/mol. The summed E-state index contributed by atoms with van der Waals surface area (Å²) in [5.41, 5.74) is 1.39. The highest BCUT2D eigenvalue weighted by atomic mass is 35.5. The molecule has 0 spiro atoms. The van der Waals surface area contributed by atoms with E-state index >= 15 is 0 Å². The number of aromatic nitrogens is 3. The van der Waals surface area contributed by atoms with Gasteiger partial charge in [0.1, 0.15) is 5.52 Å². The van der Waals surface area contributed by atoms with Crippen LogP contribution in [0.25, 0.3) is 11.2 Å². The lowest BCUT2D eigenvalue weighted by Crippen LogP contribution is -2.48. The highest BCUT2D eigenvalue weighted by molar-refractivity contribution is 6.31. The molecule has 3 aliphatic rings. The number of pyridine rings is 1. The van der Waals surface area contributed by atoms with Crippen LogP contribution in [0.3, 0.4) is 0 Å². The van der Waals surface area contributed by atoms with Crippen molar-refractivity contribution in [2.45, 2.75) is 19.4 Å². The van der Waals surface area contributed by atoms with E-state index in [4.69, 9.17) is 11.6 Å². The van der Waals surface area contributed by atoms with Crippen molar-refractivity contribution in [3.63, 3.8) is 0 Å². The Bertz CT molecular complexity index is 648. The fraction of sp³-hybridized carbons (Fsp3) is 0.571. The maximum absolute atomic E-state index is 10.1. The summed E-state index contributed by atoms with van der Waals surface area (Å²) in [6.07, 6.45) is 4.16. The van der Waals surface area contributed by atoms with Crippen LogP contribution in [0, 0.1) is 11.8 Å². The second kappa shape index (κ2) is 4.60. The average Bonchev–Trinajstić information content (AvgIpc) is 2.75. The molecule has 0 aliphatic carbocycles. The van der Waals surface area contributed by atoms with Crippen molar-refractivity contribution in [2.75, 3.05) is 19.6 Å². The van der Waals surface area contributed by atoms with Gasteiger partial charge in [-0.05, 0) is 43.8 Å². The zero-order valence-electron chi connectivity index (χ0n) is 11.2. The zero-order valence-corrected chi connectivity index (χ0v) is 11.9. The predicted molar refractivity (Wildman–Crippen MR) is 76.9 cm³/mol. The lowest BCUT2D eigenvalue weighted by molar-refractivity contribution is 0.0417. The fourth-order valence-corrected chi connectivity index (χ4v) is 3.82. The molecule has 0 saturated carbocycles. The molecule has 20 heavy (non-hydrogen) atoms. The minimum Gasteiger partial charge on any atom is -0.480 e. The van der Waals surface area contributed by atoms with E-state index in [0.29, 0.717) is 16.5 Å². The fourth-order valence-electron chi connectivity index (χ4n) is 3.67. The first-order valence-electron chi connectivity index (χ1n) is 7.14. The van der Waals surface area contributed by atoms with Crippen molar-refractivity contribution >= 4 is 22.8 Å². The summed E-state index contributed by atoms with van der Waals surface area (Å²) in [7, 11) is 0. The summed E-state index contributed by atoms with van der Waals surface area (Å²) in [6.45, 7) is 4.37. The third kappa shape index (κ3) is 1.96. The number of imidazole rings is 1. The van der Waals surface area contributed by atoms with Crippen LogP contribution in [0.1, 0.15) is 12.8 Å². The summed E-state index contributed by atoms with van der Waals surface area (Å²) in [5.74, 6) is 1.35. The first-order valence-corrected chi connectivity index (χ1v) is 7.51. The molecule has 2 bridgehead atoms. The number of aromatic hydroxyl groups is 1. The van der Waals surface area contributed by atoms with Crippen molar-refractivity contribution in [1.82, 2.24) is 19.4 Å². The maximum Gasteiger partial charge on any atom is 0.296 e. The summed E-state index contributed by atoms with van der Waals surface area (Å²) >= 11 is 5.92. The summed E-state index contributed by atoms with van der Waals surface area (Å²) in [4.78, 5) is 11.0. The van der Waals surface area contributed by atoms with Gasteiger partial charge >= 0.3 is 0 Å². The van der Waals surface area contributed by atoms with Crippen molar-refractivity contribution in [1.29, 1.82) is 0 Å². The first-order chi connectivity index (χ1) is 9.70. The molecule has 3 saturated heterocycles. The minimum atomic E-state index is 0.0474. The third-order valence-corrected chi connectivity index (χ3v) is 4.95. The third-order valence-electron chi connectivity index (χ3n) is 4.74. The molecule has 0 aromatic carbocycles. The average molecular weight is 293 g/mol. The van der Waals surface area contributed by atoms with Gasteiger partial charge < -0.3 is 10.0 Å². The number of fused-ring (bicyclic) bond motifs is 4. The molecule has 6 heteroatoms. The molecular formula is C14H17ClN4O. The summed E-state index contributed by atoms with van der Waals surface area (Å²) < 4.78 is 1.83. The van der Waals surface area contributed by atoms with E-state index in [1.54, 1.807) is 12.3 Å². The van der Waals surface area contributed by atoms with Crippen LogP contribution in [0.15, 0.2) is 12.3 Å². The molecule has 1 unspecified atom stereocenters. The largest absolute Gasteiger partial charge is 0.480 e.